The predicted octanol–water partition coefficient (Wildman–Crippen LogP) is 2.63. The standard InChI is InChI=1S/C15H20INO5S/c16-12-7-3-2-6-11(12)14-13(10-20-23(17,18)19)21-15(22-14)8-4-1-5-9-15/h2-3,6-7,13-14H,1,4-5,8-10H2,(H2,17,18,19)/t13-,14-/m0/s1. The smallest absolute Gasteiger partial charge is 0.333 e. The molecule has 128 valence electrons. The molecule has 8 heteroatoms. The number of halogens is 1. The lowest BCUT2D eigenvalue weighted by molar-refractivity contribution is -0.196. The van der Waals surface area contributed by atoms with Crippen LogP contribution in [0.15, 0.2) is 24.3 Å². The van der Waals surface area contributed by atoms with Crippen molar-refractivity contribution in [1.29, 1.82) is 0 Å². The van der Waals surface area contributed by atoms with E-state index in [9.17, 15) is 8.42 Å². The number of hydrogen-bond donors (Lipinski definition) is 1. The molecule has 2 atom stereocenters. The zero-order valence-electron chi connectivity index (χ0n) is 12.6. The van der Waals surface area contributed by atoms with Crippen molar-refractivity contribution < 1.29 is 22.1 Å². The molecule has 0 amide bonds. The molecule has 0 unspecified atom stereocenters. The van der Waals surface area contributed by atoms with Crippen LogP contribution in [0.25, 0.3) is 0 Å². The molecule has 0 aromatic heterocycles. The highest BCUT2D eigenvalue weighted by molar-refractivity contribution is 14.1. The van der Waals surface area contributed by atoms with Gasteiger partial charge in [-0.3, -0.25) is 4.18 Å². The monoisotopic (exact) mass is 453 g/mol. The van der Waals surface area contributed by atoms with E-state index < -0.39 is 22.2 Å². The lowest BCUT2D eigenvalue weighted by atomic mass is 9.94. The summed E-state index contributed by atoms with van der Waals surface area (Å²) in [5.74, 6) is -0.631. The molecule has 0 radical (unpaired) electrons. The highest BCUT2D eigenvalue weighted by Gasteiger charge is 2.49. The van der Waals surface area contributed by atoms with E-state index in [0.717, 1.165) is 34.8 Å². The van der Waals surface area contributed by atoms with E-state index in [1.165, 1.54) is 6.42 Å². The summed E-state index contributed by atoms with van der Waals surface area (Å²) in [5, 5.41) is 4.95. The average molecular weight is 453 g/mol. The van der Waals surface area contributed by atoms with Crippen LogP contribution in [0.1, 0.15) is 43.8 Å². The molecular weight excluding hydrogens is 433 g/mol. The first-order valence-electron chi connectivity index (χ1n) is 7.66. The molecule has 1 saturated heterocycles. The average Bonchev–Trinajstić information content (AvgIpc) is 2.84. The molecule has 2 fully saturated rings. The van der Waals surface area contributed by atoms with Gasteiger partial charge in [-0.1, -0.05) is 24.6 Å². The Labute approximate surface area is 150 Å². The van der Waals surface area contributed by atoms with Gasteiger partial charge in [-0.25, -0.2) is 5.14 Å². The molecule has 1 spiro atoms. The summed E-state index contributed by atoms with van der Waals surface area (Å²) in [6, 6.07) is 7.85. The van der Waals surface area contributed by atoms with Gasteiger partial charge in [0.2, 0.25) is 0 Å². The second-order valence-corrected chi connectivity index (χ2v) is 8.35. The lowest BCUT2D eigenvalue weighted by Gasteiger charge is -2.32. The predicted molar refractivity (Wildman–Crippen MR) is 92.7 cm³/mol. The maximum Gasteiger partial charge on any atom is 0.333 e. The summed E-state index contributed by atoms with van der Waals surface area (Å²) in [6.45, 7) is -0.143. The minimum Gasteiger partial charge on any atom is -0.341 e. The first-order chi connectivity index (χ1) is 10.9. The van der Waals surface area contributed by atoms with Gasteiger partial charge in [0.15, 0.2) is 5.79 Å². The van der Waals surface area contributed by atoms with Gasteiger partial charge in [0.1, 0.15) is 12.2 Å². The fourth-order valence-corrected chi connectivity index (χ4v) is 4.27. The van der Waals surface area contributed by atoms with Crippen molar-refractivity contribution in [2.45, 2.75) is 50.1 Å². The molecular formula is C15H20INO5S. The molecule has 2 aliphatic rings. The number of benzene rings is 1. The topological polar surface area (TPSA) is 87.9 Å². The van der Waals surface area contributed by atoms with Crippen LogP contribution in [-0.4, -0.2) is 26.9 Å². The van der Waals surface area contributed by atoms with Crippen molar-refractivity contribution in [3.05, 3.63) is 33.4 Å². The molecule has 6 nitrogen and oxygen atoms in total. The normalized spacial score (nSPS) is 27.4. The fourth-order valence-electron chi connectivity index (χ4n) is 3.25. The van der Waals surface area contributed by atoms with Crippen LogP contribution in [0.3, 0.4) is 0 Å². The zero-order valence-corrected chi connectivity index (χ0v) is 15.6. The number of rotatable bonds is 4. The van der Waals surface area contributed by atoms with Gasteiger partial charge in [0, 0.05) is 16.4 Å². The molecule has 1 aliphatic carbocycles. The van der Waals surface area contributed by atoms with Gasteiger partial charge in [0.05, 0.1) is 6.61 Å². The van der Waals surface area contributed by atoms with Crippen LogP contribution < -0.4 is 5.14 Å². The summed E-state index contributed by atoms with van der Waals surface area (Å²) < 4.78 is 40.5. The minimum atomic E-state index is -4.01. The van der Waals surface area contributed by atoms with E-state index >= 15 is 0 Å². The molecule has 1 saturated carbocycles. The maximum atomic E-state index is 11.1. The van der Waals surface area contributed by atoms with Gasteiger partial charge in [-0.2, -0.15) is 8.42 Å². The molecule has 1 aromatic carbocycles. The van der Waals surface area contributed by atoms with Crippen LogP contribution in [-0.2, 0) is 24.0 Å². The number of hydrogen-bond acceptors (Lipinski definition) is 5. The first kappa shape index (κ1) is 17.6. The Morgan fingerprint density at radius 3 is 2.57 bits per heavy atom. The number of nitrogens with two attached hydrogens (primary N) is 1. The Bertz CT molecular complexity index is 660. The third-order valence-electron chi connectivity index (χ3n) is 4.27. The second-order valence-electron chi connectivity index (χ2n) is 5.96. The van der Waals surface area contributed by atoms with E-state index in [2.05, 4.69) is 22.6 Å². The van der Waals surface area contributed by atoms with Crippen LogP contribution in [0, 0.1) is 3.57 Å². The molecule has 1 aromatic rings. The van der Waals surface area contributed by atoms with Gasteiger partial charge in [-0.05, 0) is 47.1 Å². The zero-order chi connectivity index (χ0) is 16.5. The van der Waals surface area contributed by atoms with E-state index in [1.54, 1.807) is 0 Å². The van der Waals surface area contributed by atoms with Crippen molar-refractivity contribution in [3.63, 3.8) is 0 Å². The molecule has 3 rings (SSSR count). The summed E-state index contributed by atoms with van der Waals surface area (Å²) in [5.41, 5.74) is 0.985. The van der Waals surface area contributed by atoms with E-state index in [0.29, 0.717) is 0 Å². The Balaban J connectivity index is 1.85. The van der Waals surface area contributed by atoms with Crippen molar-refractivity contribution >= 4 is 32.9 Å². The van der Waals surface area contributed by atoms with Crippen LogP contribution in [0.5, 0.6) is 0 Å². The molecule has 1 heterocycles. The summed E-state index contributed by atoms with van der Waals surface area (Å²) in [6.07, 6.45) is 4.03. The van der Waals surface area contributed by atoms with E-state index in [4.69, 9.17) is 18.8 Å². The summed E-state index contributed by atoms with van der Waals surface area (Å²) >= 11 is 2.24. The van der Waals surface area contributed by atoms with Crippen molar-refractivity contribution in [3.8, 4) is 0 Å². The summed E-state index contributed by atoms with van der Waals surface area (Å²) in [4.78, 5) is 0. The highest BCUT2D eigenvalue weighted by Crippen LogP contribution is 2.46. The van der Waals surface area contributed by atoms with Gasteiger partial charge in [-0.15, -0.1) is 0 Å². The van der Waals surface area contributed by atoms with Gasteiger partial charge >= 0.3 is 10.3 Å². The first-order valence-corrected chi connectivity index (χ1v) is 10.2. The molecule has 0 bridgehead atoms. The third kappa shape index (κ3) is 4.23. The van der Waals surface area contributed by atoms with Crippen molar-refractivity contribution in [2.24, 2.45) is 5.14 Å². The summed E-state index contributed by atoms with van der Waals surface area (Å²) in [7, 11) is -4.01. The van der Waals surface area contributed by atoms with Crippen molar-refractivity contribution in [1.82, 2.24) is 0 Å². The molecule has 2 N–H and O–H groups in total. The van der Waals surface area contributed by atoms with Gasteiger partial charge in [0.25, 0.3) is 0 Å². The molecule has 23 heavy (non-hydrogen) atoms. The third-order valence-corrected chi connectivity index (χ3v) is 5.72. The molecule has 1 aliphatic heterocycles. The van der Waals surface area contributed by atoms with Gasteiger partial charge < -0.3 is 9.47 Å². The largest absolute Gasteiger partial charge is 0.341 e. The second kappa shape index (κ2) is 6.93. The number of ether oxygens (including phenoxy) is 2. The quantitative estimate of drug-likeness (QED) is 0.709. The maximum absolute atomic E-state index is 11.1. The Kier molecular flexibility index (Phi) is 5.29. The SMILES string of the molecule is NS(=O)(=O)OC[C@@H]1OC2(CCCCC2)O[C@H]1c1ccccc1I. The van der Waals surface area contributed by atoms with Crippen LogP contribution >= 0.6 is 22.6 Å². The van der Waals surface area contributed by atoms with Crippen molar-refractivity contribution in [2.75, 3.05) is 6.61 Å². The fraction of sp³-hybridized carbons (Fsp3) is 0.600. The Hall–Kier alpha value is -0.260. The van der Waals surface area contributed by atoms with Crippen LogP contribution in [0.4, 0.5) is 0 Å². The Morgan fingerprint density at radius 2 is 1.91 bits per heavy atom. The van der Waals surface area contributed by atoms with Crippen LogP contribution in [0.2, 0.25) is 0 Å². The van der Waals surface area contributed by atoms with E-state index in [-0.39, 0.29) is 12.7 Å². The Morgan fingerprint density at radius 1 is 1.22 bits per heavy atom. The minimum absolute atomic E-state index is 0.143. The lowest BCUT2D eigenvalue weighted by Crippen LogP contribution is -2.34. The van der Waals surface area contributed by atoms with E-state index in [1.807, 2.05) is 24.3 Å². The highest BCUT2D eigenvalue weighted by atomic mass is 127.